The minimum absolute atomic E-state index is 0.467. The second-order valence-electron chi connectivity index (χ2n) is 11.0. The van der Waals surface area contributed by atoms with Crippen LogP contribution in [-0.2, 0) is 0 Å². The summed E-state index contributed by atoms with van der Waals surface area (Å²) >= 11 is 0. The molecule has 6 rings (SSSR count). The number of aromatic nitrogens is 2. The molecule has 0 amide bonds. The third-order valence-corrected chi connectivity index (χ3v) is 8.54. The van der Waals surface area contributed by atoms with Crippen LogP contribution in [0.3, 0.4) is 0 Å². The molecule has 1 aliphatic heterocycles. The first-order valence-corrected chi connectivity index (χ1v) is 14.1. The van der Waals surface area contributed by atoms with Gasteiger partial charge in [-0.15, -0.1) is 0 Å². The maximum atomic E-state index is 5.40. The van der Waals surface area contributed by atoms with Gasteiger partial charge in [-0.25, -0.2) is 4.98 Å². The van der Waals surface area contributed by atoms with Crippen molar-refractivity contribution >= 4 is 16.7 Å². The highest BCUT2D eigenvalue weighted by atomic mass is 15.1. The van der Waals surface area contributed by atoms with Crippen LogP contribution in [0.4, 0.5) is 5.69 Å². The van der Waals surface area contributed by atoms with E-state index in [4.69, 9.17) is 9.98 Å². The third kappa shape index (κ3) is 4.61. The van der Waals surface area contributed by atoms with Crippen LogP contribution in [0.2, 0.25) is 0 Å². The molecular weight excluding hydrogens is 416 g/mol. The fourth-order valence-corrected chi connectivity index (χ4v) is 6.70. The Morgan fingerprint density at radius 3 is 2.21 bits per heavy atom. The molecule has 0 saturated heterocycles. The predicted octanol–water partition coefficient (Wildman–Crippen LogP) is 7.62. The summed E-state index contributed by atoms with van der Waals surface area (Å²) in [6, 6.07) is 15.1. The highest BCUT2D eigenvalue weighted by Gasteiger charge is 2.24. The van der Waals surface area contributed by atoms with Gasteiger partial charge in [-0.3, -0.25) is 4.99 Å². The number of rotatable bonds is 4. The summed E-state index contributed by atoms with van der Waals surface area (Å²) in [7, 11) is 0. The zero-order valence-corrected chi connectivity index (χ0v) is 20.6. The lowest BCUT2D eigenvalue weighted by Crippen LogP contribution is -2.28. The zero-order valence-electron chi connectivity index (χ0n) is 20.6. The van der Waals surface area contributed by atoms with E-state index < -0.39 is 0 Å². The van der Waals surface area contributed by atoms with Gasteiger partial charge in [0.25, 0.3) is 0 Å². The highest BCUT2D eigenvalue weighted by Crippen LogP contribution is 2.36. The molecule has 3 fully saturated rings. The van der Waals surface area contributed by atoms with Gasteiger partial charge in [-0.1, -0.05) is 69.9 Å². The molecule has 1 aromatic rings. The minimum Gasteiger partial charge on any atom is -0.381 e. The van der Waals surface area contributed by atoms with Gasteiger partial charge in [-0.2, -0.15) is 0 Å². The van der Waals surface area contributed by atoms with Gasteiger partial charge in [0.15, 0.2) is 0 Å². The summed E-state index contributed by atoms with van der Waals surface area (Å²) in [4.78, 5) is 10.6. The molecule has 4 heteroatoms. The van der Waals surface area contributed by atoms with Crippen molar-refractivity contribution in [2.45, 2.75) is 114 Å². The van der Waals surface area contributed by atoms with Crippen LogP contribution in [0.15, 0.2) is 41.4 Å². The van der Waals surface area contributed by atoms with Crippen LogP contribution in [0.1, 0.15) is 102 Å². The van der Waals surface area contributed by atoms with Gasteiger partial charge in [0.2, 0.25) is 0 Å². The molecule has 0 bridgehead atoms. The fourth-order valence-electron chi connectivity index (χ4n) is 6.70. The van der Waals surface area contributed by atoms with Crippen LogP contribution in [0, 0.1) is 0 Å². The number of anilines is 1. The maximum Gasteiger partial charge on any atom is 0.0897 e. The molecule has 1 N–H and O–H groups in total. The Labute approximate surface area is 204 Å². The molecule has 0 spiro atoms. The number of benzene rings is 2. The standard InChI is InChI=1S/C30H40N4/c1-4-12-22(13-5-1)31-26-20-28-30(21-27(26)32-23-14-6-2-7-15-23)34(24-16-8-3-9-17-24)29-19-11-10-18-25(29)33-28/h10-11,18-24,31H,1-9,12-17H2. The monoisotopic (exact) mass is 456 g/mol. The summed E-state index contributed by atoms with van der Waals surface area (Å²) in [5.41, 5.74) is 5.99. The molecule has 0 radical (unpaired) electrons. The van der Waals surface area contributed by atoms with Crippen LogP contribution in [-0.4, -0.2) is 21.6 Å². The number of fused-ring (bicyclic) bond motifs is 2. The first kappa shape index (κ1) is 22.1. The van der Waals surface area contributed by atoms with Gasteiger partial charge in [0, 0.05) is 12.1 Å². The molecule has 5 aliphatic rings. The lowest BCUT2D eigenvalue weighted by atomic mass is 9.93. The molecule has 0 aromatic heterocycles. The topological polar surface area (TPSA) is 42.2 Å². The van der Waals surface area contributed by atoms with Crippen molar-refractivity contribution in [2.75, 3.05) is 5.32 Å². The Balaban J connectivity index is 1.53. The molecule has 180 valence electrons. The maximum absolute atomic E-state index is 5.40. The van der Waals surface area contributed by atoms with Gasteiger partial charge < -0.3 is 9.88 Å². The second-order valence-corrected chi connectivity index (χ2v) is 11.0. The molecule has 3 saturated carbocycles. The quantitative estimate of drug-likeness (QED) is 0.410. The first-order valence-electron chi connectivity index (χ1n) is 14.1. The Morgan fingerprint density at radius 2 is 1.44 bits per heavy atom. The molecule has 4 aliphatic carbocycles. The number of nitrogens with zero attached hydrogens (tertiary/aromatic N) is 3. The van der Waals surface area contributed by atoms with Crippen LogP contribution >= 0.6 is 0 Å². The predicted molar refractivity (Wildman–Crippen MR) is 141 cm³/mol. The third-order valence-electron chi connectivity index (χ3n) is 8.54. The highest BCUT2D eigenvalue weighted by molar-refractivity contribution is 5.81. The van der Waals surface area contributed by atoms with E-state index in [0.717, 1.165) is 11.2 Å². The average Bonchev–Trinajstić information content (AvgIpc) is 2.89. The summed E-state index contributed by atoms with van der Waals surface area (Å²) < 4.78 is 2.63. The number of hydrogen-bond donors (Lipinski definition) is 1. The largest absolute Gasteiger partial charge is 0.381 e. The van der Waals surface area contributed by atoms with E-state index in [0.29, 0.717) is 18.1 Å². The number of hydrogen-bond acceptors (Lipinski definition) is 3. The van der Waals surface area contributed by atoms with Crippen molar-refractivity contribution in [1.82, 2.24) is 9.55 Å². The Bertz CT molecular complexity index is 1140. The number of nitrogens with one attached hydrogen (secondary N) is 1. The van der Waals surface area contributed by atoms with E-state index in [1.165, 1.54) is 119 Å². The van der Waals surface area contributed by atoms with Crippen LogP contribution < -0.4 is 10.7 Å². The van der Waals surface area contributed by atoms with E-state index in [1.807, 2.05) is 0 Å². The van der Waals surface area contributed by atoms with Crippen molar-refractivity contribution in [3.63, 3.8) is 0 Å². The SMILES string of the molecule is c1ccc2c(c1)nc1cc(NC3CCCCC3)c(=NC3CCCCC3)cc-1n2C1CCCCC1. The van der Waals surface area contributed by atoms with E-state index >= 15 is 0 Å². The van der Waals surface area contributed by atoms with Crippen molar-refractivity contribution in [3.05, 3.63) is 41.8 Å². The van der Waals surface area contributed by atoms with E-state index in [9.17, 15) is 0 Å². The number of para-hydroxylation sites is 2. The average molecular weight is 457 g/mol. The Morgan fingerprint density at radius 1 is 0.765 bits per heavy atom. The Hall–Kier alpha value is -2.36. The zero-order chi connectivity index (χ0) is 22.7. The van der Waals surface area contributed by atoms with Crippen LogP contribution in [0.25, 0.3) is 22.4 Å². The molecule has 4 nitrogen and oxygen atoms in total. The smallest absolute Gasteiger partial charge is 0.0897 e. The van der Waals surface area contributed by atoms with Crippen molar-refractivity contribution in [1.29, 1.82) is 0 Å². The van der Waals surface area contributed by atoms with E-state index in [-0.39, 0.29) is 0 Å². The lowest BCUT2D eigenvalue weighted by molar-refractivity contribution is 0.361. The van der Waals surface area contributed by atoms with E-state index in [2.05, 4.69) is 46.3 Å². The molecule has 34 heavy (non-hydrogen) atoms. The van der Waals surface area contributed by atoms with Crippen LogP contribution in [0.5, 0.6) is 0 Å². The summed E-state index contributed by atoms with van der Waals surface area (Å²) in [5, 5.41) is 5.11. The van der Waals surface area contributed by atoms with Crippen molar-refractivity contribution < 1.29 is 0 Å². The van der Waals surface area contributed by atoms with Gasteiger partial charge in [0.1, 0.15) is 0 Å². The molecule has 0 unspecified atom stereocenters. The van der Waals surface area contributed by atoms with Gasteiger partial charge >= 0.3 is 0 Å². The molecule has 1 aromatic carbocycles. The van der Waals surface area contributed by atoms with Crippen molar-refractivity contribution in [2.24, 2.45) is 4.99 Å². The second kappa shape index (κ2) is 10.1. The molecule has 0 atom stereocenters. The molecule has 1 heterocycles. The van der Waals surface area contributed by atoms with Gasteiger partial charge in [-0.05, 0) is 62.8 Å². The van der Waals surface area contributed by atoms with E-state index in [1.54, 1.807) is 0 Å². The minimum atomic E-state index is 0.467. The Kier molecular flexibility index (Phi) is 6.57. The fraction of sp³-hybridized carbons (Fsp3) is 0.600. The lowest BCUT2D eigenvalue weighted by Gasteiger charge is -2.30. The summed E-state index contributed by atoms with van der Waals surface area (Å²) in [6.07, 6.45) is 19.6. The summed E-state index contributed by atoms with van der Waals surface area (Å²) in [6.45, 7) is 0. The molecular formula is C30H40N4. The summed E-state index contributed by atoms with van der Waals surface area (Å²) in [5.74, 6) is 0. The first-order chi connectivity index (χ1) is 16.8. The van der Waals surface area contributed by atoms with Crippen molar-refractivity contribution in [3.8, 4) is 11.4 Å². The normalized spacial score (nSPS) is 21.9. The van der Waals surface area contributed by atoms with Gasteiger partial charge in [0.05, 0.1) is 39.5 Å².